The predicted molar refractivity (Wildman–Crippen MR) is 83.1 cm³/mol. The van der Waals surface area contributed by atoms with Crippen molar-refractivity contribution >= 4 is 34.8 Å². The van der Waals surface area contributed by atoms with Crippen molar-refractivity contribution in [2.45, 2.75) is 20.3 Å². The number of benzene rings is 1. The lowest BCUT2D eigenvalue weighted by Gasteiger charge is -2.09. The number of nitrogens with zero attached hydrogens (tertiary/aromatic N) is 1. The molecule has 0 aliphatic heterocycles. The van der Waals surface area contributed by atoms with Crippen molar-refractivity contribution in [3.63, 3.8) is 0 Å². The van der Waals surface area contributed by atoms with Crippen LogP contribution in [0.4, 0.5) is 5.69 Å². The van der Waals surface area contributed by atoms with Crippen molar-refractivity contribution in [2.75, 3.05) is 5.32 Å². The molecule has 1 heterocycles. The number of halogens is 2. The van der Waals surface area contributed by atoms with Gasteiger partial charge in [-0.2, -0.15) is 0 Å². The zero-order valence-corrected chi connectivity index (χ0v) is 13.0. The summed E-state index contributed by atoms with van der Waals surface area (Å²) in [4.78, 5) is 30.6. The Morgan fingerprint density at radius 1 is 1.33 bits per heavy atom. The lowest BCUT2D eigenvalue weighted by atomic mass is 10.1. The minimum Gasteiger partial charge on any atom is -0.324 e. The van der Waals surface area contributed by atoms with E-state index in [0.717, 1.165) is 0 Å². The normalized spacial score (nSPS) is 10.5. The first-order valence-electron chi connectivity index (χ1n) is 6.18. The zero-order chi connectivity index (χ0) is 15.6. The maximum absolute atomic E-state index is 12.0. The van der Waals surface area contributed by atoms with E-state index < -0.39 is 0 Å². The van der Waals surface area contributed by atoms with Gasteiger partial charge in [0.2, 0.25) is 5.91 Å². The molecule has 0 atom stereocenters. The number of hydrogen-bond acceptors (Lipinski definition) is 3. The average molecular weight is 326 g/mol. The fraction of sp³-hybridized carbons (Fsp3) is 0.214. The van der Waals surface area contributed by atoms with Crippen LogP contribution in [-0.2, 0) is 11.2 Å². The molecular formula is C14H13Cl2N3O2. The molecule has 110 valence electrons. The Kier molecular flexibility index (Phi) is 4.65. The second-order valence-corrected chi connectivity index (χ2v) is 5.33. The third kappa shape index (κ3) is 3.62. The van der Waals surface area contributed by atoms with Gasteiger partial charge in [-0.05, 0) is 26.0 Å². The topological polar surface area (TPSA) is 74.8 Å². The summed E-state index contributed by atoms with van der Waals surface area (Å²) in [6.45, 7) is 3.38. The van der Waals surface area contributed by atoms with Crippen LogP contribution in [0.2, 0.25) is 10.0 Å². The van der Waals surface area contributed by atoms with E-state index in [1.54, 1.807) is 32.0 Å². The SMILES string of the molecule is Cc1nc(C)c(CC(=O)Nc2cccc(Cl)c2Cl)c(=O)[nH]1. The van der Waals surface area contributed by atoms with E-state index in [9.17, 15) is 9.59 Å². The number of aromatic amines is 1. The number of H-pyrrole nitrogens is 1. The molecule has 1 aromatic heterocycles. The molecule has 0 unspecified atom stereocenters. The predicted octanol–water partition coefficient (Wildman–Crippen LogP) is 2.87. The fourth-order valence-electron chi connectivity index (χ4n) is 1.91. The van der Waals surface area contributed by atoms with Gasteiger partial charge in [0, 0.05) is 11.3 Å². The van der Waals surface area contributed by atoms with E-state index in [4.69, 9.17) is 23.2 Å². The van der Waals surface area contributed by atoms with Gasteiger partial charge in [0.15, 0.2) is 0 Å². The molecule has 0 bridgehead atoms. The molecule has 2 rings (SSSR count). The summed E-state index contributed by atoms with van der Waals surface area (Å²) in [6, 6.07) is 4.93. The third-order valence-corrected chi connectivity index (χ3v) is 3.72. The monoisotopic (exact) mass is 325 g/mol. The van der Waals surface area contributed by atoms with Crippen molar-refractivity contribution < 1.29 is 4.79 Å². The number of anilines is 1. The molecule has 1 aromatic carbocycles. The molecule has 1 amide bonds. The third-order valence-electron chi connectivity index (χ3n) is 2.90. The number of nitrogens with one attached hydrogen (secondary N) is 2. The van der Waals surface area contributed by atoms with E-state index in [-0.39, 0.29) is 22.9 Å². The summed E-state index contributed by atoms with van der Waals surface area (Å²) in [5, 5.41) is 3.24. The molecule has 0 spiro atoms. The van der Waals surface area contributed by atoms with Gasteiger partial charge in [-0.25, -0.2) is 4.98 Å². The highest BCUT2D eigenvalue weighted by Crippen LogP contribution is 2.29. The standard InChI is InChI=1S/C14H13Cl2N3O2/c1-7-9(14(21)18-8(2)17-7)6-12(20)19-11-5-3-4-10(15)13(11)16/h3-5H,6H2,1-2H3,(H,19,20)(H,17,18,21). The van der Waals surface area contributed by atoms with Crippen molar-refractivity contribution in [2.24, 2.45) is 0 Å². The van der Waals surface area contributed by atoms with Gasteiger partial charge >= 0.3 is 0 Å². The minimum atomic E-state index is -0.363. The highest BCUT2D eigenvalue weighted by Gasteiger charge is 2.13. The van der Waals surface area contributed by atoms with E-state index >= 15 is 0 Å². The number of carbonyl (C=O) groups is 1. The minimum absolute atomic E-state index is 0.0860. The number of rotatable bonds is 3. The first-order chi connectivity index (χ1) is 9.88. The fourth-order valence-corrected chi connectivity index (χ4v) is 2.26. The Bertz CT molecular complexity index is 756. The molecule has 0 aliphatic carbocycles. The molecule has 0 saturated carbocycles. The summed E-state index contributed by atoms with van der Waals surface area (Å²) >= 11 is 11.9. The summed E-state index contributed by atoms with van der Waals surface area (Å²) in [5.74, 6) is 0.151. The van der Waals surface area contributed by atoms with Gasteiger partial charge in [0.05, 0.1) is 22.2 Å². The lowest BCUT2D eigenvalue weighted by molar-refractivity contribution is -0.115. The van der Waals surface area contributed by atoms with Crippen molar-refractivity contribution in [3.05, 3.63) is 55.7 Å². The van der Waals surface area contributed by atoms with Crippen LogP contribution in [0.5, 0.6) is 0 Å². The van der Waals surface area contributed by atoms with Crippen LogP contribution >= 0.6 is 23.2 Å². The Balaban J connectivity index is 2.20. The van der Waals surface area contributed by atoms with Crippen LogP contribution in [0.3, 0.4) is 0 Å². The molecule has 2 aromatic rings. The lowest BCUT2D eigenvalue weighted by Crippen LogP contribution is -2.24. The first kappa shape index (κ1) is 15.5. The summed E-state index contributed by atoms with van der Waals surface area (Å²) in [7, 11) is 0. The molecule has 0 saturated heterocycles. The van der Waals surface area contributed by atoms with E-state index in [0.29, 0.717) is 27.8 Å². The summed E-state index contributed by atoms with van der Waals surface area (Å²) in [5.41, 5.74) is 0.954. The van der Waals surface area contributed by atoms with Gasteiger partial charge in [0.25, 0.3) is 5.56 Å². The smallest absolute Gasteiger partial charge is 0.254 e. The van der Waals surface area contributed by atoms with Crippen molar-refractivity contribution in [1.29, 1.82) is 0 Å². The van der Waals surface area contributed by atoms with Crippen LogP contribution in [0.15, 0.2) is 23.0 Å². The van der Waals surface area contributed by atoms with Gasteiger partial charge in [-0.1, -0.05) is 29.3 Å². The van der Waals surface area contributed by atoms with E-state index in [2.05, 4.69) is 15.3 Å². The first-order valence-corrected chi connectivity index (χ1v) is 6.94. The average Bonchev–Trinajstić information content (AvgIpc) is 2.39. The summed E-state index contributed by atoms with van der Waals surface area (Å²) in [6.07, 6.45) is -0.0860. The van der Waals surface area contributed by atoms with Crippen LogP contribution in [0.1, 0.15) is 17.1 Å². The molecule has 5 nitrogen and oxygen atoms in total. The molecule has 21 heavy (non-hydrogen) atoms. The van der Waals surface area contributed by atoms with Gasteiger partial charge in [-0.3, -0.25) is 9.59 Å². The maximum Gasteiger partial charge on any atom is 0.254 e. The number of carbonyl (C=O) groups excluding carboxylic acids is 1. The number of aromatic nitrogens is 2. The highest BCUT2D eigenvalue weighted by atomic mass is 35.5. The highest BCUT2D eigenvalue weighted by molar-refractivity contribution is 6.43. The second kappa shape index (κ2) is 6.28. The van der Waals surface area contributed by atoms with Crippen molar-refractivity contribution in [3.8, 4) is 0 Å². The maximum atomic E-state index is 12.0. The molecule has 0 fully saturated rings. The quantitative estimate of drug-likeness (QED) is 0.911. The number of aryl methyl sites for hydroxylation is 2. The van der Waals surface area contributed by atoms with Crippen LogP contribution in [-0.4, -0.2) is 15.9 Å². The Morgan fingerprint density at radius 2 is 2.05 bits per heavy atom. The Hall–Kier alpha value is -1.85. The Morgan fingerprint density at radius 3 is 2.71 bits per heavy atom. The number of hydrogen-bond donors (Lipinski definition) is 2. The van der Waals surface area contributed by atoms with Crippen molar-refractivity contribution in [1.82, 2.24) is 9.97 Å². The Labute approximate surface area is 131 Å². The zero-order valence-electron chi connectivity index (χ0n) is 11.5. The second-order valence-electron chi connectivity index (χ2n) is 4.54. The van der Waals surface area contributed by atoms with Gasteiger partial charge in [-0.15, -0.1) is 0 Å². The molecule has 0 aliphatic rings. The molecule has 7 heteroatoms. The van der Waals surface area contributed by atoms with Crippen LogP contribution in [0.25, 0.3) is 0 Å². The van der Waals surface area contributed by atoms with Crippen LogP contribution < -0.4 is 10.9 Å². The largest absolute Gasteiger partial charge is 0.324 e. The van der Waals surface area contributed by atoms with Gasteiger partial charge < -0.3 is 10.3 Å². The van der Waals surface area contributed by atoms with Crippen LogP contribution in [0, 0.1) is 13.8 Å². The molecule has 2 N–H and O–H groups in total. The number of amides is 1. The van der Waals surface area contributed by atoms with E-state index in [1.165, 1.54) is 0 Å². The molecule has 0 radical (unpaired) electrons. The molecular weight excluding hydrogens is 313 g/mol. The summed E-state index contributed by atoms with van der Waals surface area (Å²) < 4.78 is 0. The van der Waals surface area contributed by atoms with Gasteiger partial charge in [0.1, 0.15) is 5.82 Å². The van der Waals surface area contributed by atoms with E-state index in [1.807, 2.05) is 0 Å².